The van der Waals surface area contributed by atoms with E-state index in [0.717, 1.165) is 5.56 Å². The molecule has 0 amide bonds. The molecule has 0 radical (unpaired) electrons. The van der Waals surface area contributed by atoms with E-state index in [1.165, 1.54) is 0 Å². The molecule has 278 valence electrons. The van der Waals surface area contributed by atoms with Gasteiger partial charge in [0.15, 0.2) is 0 Å². The molecule has 5 aromatic rings. The molecule has 0 aliphatic heterocycles. The largest absolute Gasteiger partial charge is 0.497 e. The summed E-state index contributed by atoms with van der Waals surface area (Å²) in [5.74, 6) is 29.6. The fourth-order valence-corrected chi connectivity index (χ4v) is 5.36. The molecule has 0 fully saturated rings. The number of hydrogen-bond donors (Lipinski definition) is 0. The van der Waals surface area contributed by atoms with Crippen molar-refractivity contribution in [1.82, 2.24) is 0 Å². The summed E-state index contributed by atoms with van der Waals surface area (Å²) in [5, 5.41) is 9.07. The number of hydrogen-bond acceptors (Lipinski definition) is 9. The second-order valence-electron chi connectivity index (χ2n) is 11.5. The molecule has 0 saturated carbocycles. The van der Waals surface area contributed by atoms with Crippen molar-refractivity contribution >= 4 is 0 Å². The highest BCUT2D eigenvalue weighted by Crippen LogP contribution is 2.32. The second-order valence-corrected chi connectivity index (χ2v) is 11.5. The molecule has 0 aromatic heterocycles. The van der Waals surface area contributed by atoms with Gasteiger partial charge in [0.05, 0.1) is 107 Å². The fraction of sp³-hybridized carbons (Fsp3) is 0.170. The minimum Gasteiger partial charge on any atom is -0.497 e. The Morgan fingerprint density at radius 2 is 0.589 bits per heavy atom. The second kappa shape index (κ2) is 18.8. The Morgan fingerprint density at radius 3 is 0.875 bits per heavy atom. The van der Waals surface area contributed by atoms with Crippen molar-refractivity contribution in [2.24, 2.45) is 0 Å². The molecule has 0 aliphatic rings. The molecule has 9 nitrogen and oxygen atoms in total. The molecule has 0 N–H and O–H groups in total. The Labute approximate surface area is 327 Å². The smallest absolute Gasteiger partial charge is 0.136 e. The van der Waals surface area contributed by atoms with Crippen LogP contribution in [-0.2, 0) is 0 Å². The lowest BCUT2D eigenvalue weighted by Gasteiger charge is -2.11. The summed E-state index contributed by atoms with van der Waals surface area (Å²) in [6, 6.07) is 25.2. The van der Waals surface area contributed by atoms with E-state index in [1.807, 2.05) is 0 Å². The topological polar surface area (TPSA) is 97.6 Å². The van der Waals surface area contributed by atoms with Crippen LogP contribution in [0.4, 0.5) is 0 Å². The van der Waals surface area contributed by atoms with Crippen LogP contribution in [0.15, 0.2) is 78.9 Å². The quantitative estimate of drug-likeness (QED) is 0.153. The molecule has 9 heteroatoms. The van der Waals surface area contributed by atoms with Crippen molar-refractivity contribution in [3.8, 4) is 99.4 Å². The molecular formula is C47H37NO8. The van der Waals surface area contributed by atoms with Gasteiger partial charge in [-0.15, -0.1) is 0 Å². The number of rotatable bonds is 8. The lowest BCUT2D eigenvalue weighted by molar-refractivity contribution is 0.400. The van der Waals surface area contributed by atoms with Crippen LogP contribution in [-0.4, -0.2) is 56.9 Å². The van der Waals surface area contributed by atoms with Gasteiger partial charge >= 0.3 is 0 Å². The predicted molar refractivity (Wildman–Crippen MR) is 213 cm³/mol. The lowest BCUT2D eigenvalue weighted by Crippen LogP contribution is -1.96. The van der Waals surface area contributed by atoms with Gasteiger partial charge in [0, 0.05) is 42.0 Å². The Morgan fingerprint density at radius 1 is 0.304 bits per heavy atom. The van der Waals surface area contributed by atoms with E-state index in [0.29, 0.717) is 90.5 Å². The van der Waals surface area contributed by atoms with Crippen LogP contribution in [0.5, 0.6) is 46.0 Å². The third-order valence-electron chi connectivity index (χ3n) is 8.32. The Hall–Kier alpha value is -7.77. The minimum atomic E-state index is 0.487. The van der Waals surface area contributed by atoms with Gasteiger partial charge in [-0.25, -0.2) is 0 Å². The first-order chi connectivity index (χ1) is 27.3. The highest BCUT2D eigenvalue weighted by atomic mass is 16.5. The molecule has 56 heavy (non-hydrogen) atoms. The Balaban J connectivity index is 1.48. The van der Waals surface area contributed by atoms with E-state index in [9.17, 15) is 0 Å². The molecule has 0 bridgehead atoms. The number of ether oxygens (including phenoxy) is 8. The molecule has 5 aromatic carbocycles. The van der Waals surface area contributed by atoms with Crippen LogP contribution in [0.1, 0.15) is 50.1 Å². The summed E-state index contributed by atoms with van der Waals surface area (Å²) in [5.41, 5.74) is 5.48. The van der Waals surface area contributed by atoms with Gasteiger partial charge in [0.2, 0.25) is 0 Å². The molecule has 0 spiro atoms. The summed E-state index contributed by atoms with van der Waals surface area (Å²) in [6.45, 7) is 0. The van der Waals surface area contributed by atoms with Gasteiger partial charge in [-0.3, -0.25) is 0 Å². The normalized spacial score (nSPS) is 9.55. The van der Waals surface area contributed by atoms with Crippen LogP contribution in [0.25, 0.3) is 0 Å². The average Bonchev–Trinajstić information content (AvgIpc) is 3.25. The van der Waals surface area contributed by atoms with E-state index in [4.69, 9.17) is 43.2 Å². The lowest BCUT2D eigenvalue weighted by atomic mass is 10.0. The van der Waals surface area contributed by atoms with Crippen molar-refractivity contribution in [3.63, 3.8) is 0 Å². The maximum atomic E-state index is 9.07. The predicted octanol–water partition coefficient (Wildman–Crippen LogP) is 7.23. The average molecular weight is 744 g/mol. The van der Waals surface area contributed by atoms with Crippen molar-refractivity contribution in [2.75, 3.05) is 56.9 Å². The van der Waals surface area contributed by atoms with Crippen molar-refractivity contribution in [1.29, 1.82) is 5.26 Å². The van der Waals surface area contributed by atoms with E-state index in [1.54, 1.807) is 136 Å². The SMILES string of the molecule is COc1ccc(OC)c(C#Cc2cc(OC)c(C#Cc3cc(OC)c(C#Cc4cc(OC)c(C#Cc5ccc(C#N)cc5)cc4OC)cc3OC)cc2OC)c1. The van der Waals surface area contributed by atoms with Gasteiger partial charge < -0.3 is 37.9 Å². The third-order valence-corrected chi connectivity index (χ3v) is 8.32. The summed E-state index contributed by atoms with van der Waals surface area (Å²) in [6.07, 6.45) is 0. The summed E-state index contributed by atoms with van der Waals surface area (Å²) in [4.78, 5) is 0. The number of benzene rings is 5. The monoisotopic (exact) mass is 743 g/mol. The summed E-state index contributed by atoms with van der Waals surface area (Å²) in [7, 11) is 12.6. The zero-order valence-electron chi connectivity index (χ0n) is 32.2. The maximum Gasteiger partial charge on any atom is 0.136 e. The van der Waals surface area contributed by atoms with Gasteiger partial charge in [-0.1, -0.05) is 47.4 Å². The maximum absolute atomic E-state index is 9.07. The zero-order valence-corrected chi connectivity index (χ0v) is 32.2. The zero-order chi connectivity index (χ0) is 40.0. The van der Waals surface area contributed by atoms with Gasteiger partial charge in [0.25, 0.3) is 0 Å². The van der Waals surface area contributed by atoms with Crippen LogP contribution in [0.2, 0.25) is 0 Å². The van der Waals surface area contributed by atoms with Crippen LogP contribution >= 0.6 is 0 Å². The highest BCUT2D eigenvalue weighted by Gasteiger charge is 2.13. The first-order valence-electron chi connectivity index (χ1n) is 16.9. The van der Waals surface area contributed by atoms with Crippen LogP contribution in [0, 0.1) is 58.7 Å². The van der Waals surface area contributed by atoms with E-state index in [2.05, 4.69) is 53.4 Å². The number of methoxy groups -OCH3 is 8. The molecule has 5 rings (SSSR count). The molecule has 0 atom stereocenters. The van der Waals surface area contributed by atoms with Crippen LogP contribution < -0.4 is 37.9 Å². The van der Waals surface area contributed by atoms with Gasteiger partial charge in [-0.2, -0.15) is 5.26 Å². The van der Waals surface area contributed by atoms with E-state index < -0.39 is 0 Å². The number of nitriles is 1. The fourth-order valence-electron chi connectivity index (χ4n) is 5.36. The van der Waals surface area contributed by atoms with Gasteiger partial charge in [-0.05, 0) is 42.5 Å². The van der Waals surface area contributed by atoms with Crippen molar-refractivity contribution < 1.29 is 37.9 Å². The van der Waals surface area contributed by atoms with E-state index >= 15 is 0 Å². The van der Waals surface area contributed by atoms with Crippen molar-refractivity contribution in [2.45, 2.75) is 0 Å². The molecule has 0 aliphatic carbocycles. The molecular weight excluding hydrogens is 707 g/mol. The standard InChI is InChI=1S/C47H37NO8/c1-49-40-21-22-41(50-2)33(23-40)15-16-35-26-45(54-6)37(27-44(35)53-5)19-20-39-29-46(55-7)38(28-47(39)56-8)18-17-36-25-42(51-3)34(24-43(36)52-4)14-13-31-9-11-32(30-48)12-10-31/h9-12,21-29H,1-8H3. The van der Waals surface area contributed by atoms with Gasteiger partial charge in [0.1, 0.15) is 46.0 Å². The van der Waals surface area contributed by atoms with E-state index in [-0.39, 0.29) is 0 Å². The summed E-state index contributed by atoms with van der Waals surface area (Å²) >= 11 is 0. The third kappa shape index (κ3) is 9.23. The molecule has 0 unspecified atom stereocenters. The summed E-state index contributed by atoms with van der Waals surface area (Å²) < 4.78 is 45.0. The molecule has 0 heterocycles. The first-order valence-corrected chi connectivity index (χ1v) is 16.9. The minimum absolute atomic E-state index is 0.487. The Kier molecular flexibility index (Phi) is 13.3. The Bertz CT molecular complexity index is 2560. The highest BCUT2D eigenvalue weighted by molar-refractivity contribution is 5.66. The van der Waals surface area contributed by atoms with Crippen LogP contribution in [0.3, 0.4) is 0 Å². The number of nitrogens with zero attached hydrogens (tertiary/aromatic N) is 1. The molecule has 0 saturated heterocycles. The van der Waals surface area contributed by atoms with Crippen molar-refractivity contribution in [3.05, 3.63) is 129 Å². The first kappa shape index (κ1) is 39.4.